The average Bonchev–Trinajstić information content (AvgIpc) is 3.24. The zero-order valence-corrected chi connectivity index (χ0v) is 17.5. The summed E-state index contributed by atoms with van der Waals surface area (Å²) in [6, 6.07) is 12.7. The van der Waals surface area contributed by atoms with Gasteiger partial charge in [-0.15, -0.1) is 11.3 Å². The number of thiophene rings is 1. The van der Waals surface area contributed by atoms with Crippen molar-refractivity contribution in [1.82, 2.24) is 15.1 Å². The Hall–Kier alpha value is -1.89. The molecule has 0 unspecified atom stereocenters. The van der Waals surface area contributed by atoms with Crippen molar-refractivity contribution in [2.75, 3.05) is 57.3 Å². The second-order valence-corrected chi connectivity index (χ2v) is 8.62. The summed E-state index contributed by atoms with van der Waals surface area (Å²) in [6.07, 6.45) is 2.29. The molecule has 1 fully saturated rings. The number of carbonyl (C=O) groups excluding carboxylic acids is 1. The summed E-state index contributed by atoms with van der Waals surface area (Å²) >= 11 is 1.59. The highest BCUT2D eigenvalue weighted by atomic mass is 32.1. The molecule has 2 aromatic rings. The fraction of sp³-hybridized carbons (Fsp3) is 0.500. The van der Waals surface area contributed by atoms with Gasteiger partial charge in [-0.2, -0.15) is 0 Å². The molecule has 0 saturated carbocycles. The second-order valence-electron chi connectivity index (χ2n) is 7.55. The lowest BCUT2D eigenvalue weighted by atomic mass is 10.0. The summed E-state index contributed by atoms with van der Waals surface area (Å²) in [7, 11) is 0. The van der Waals surface area contributed by atoms with E-state index in [9.17, 15) is 4.79 Å². The van der Waals surface area contributed by atoms with E-state index < -0.39 is 0 Å². The molecular formula is C22H30N4OS. The van der Waals surface area contributed by atoms with Gasteiger partial charge in [0.25, 0.3) is 5.91 Å². The lowest BCUT2D eigenvalue weighted by Crippen LogP contribution is -2.48. The molecule has 28 heavy (non-hydrogen) atoms. The lowest BCUT2D eigenvalue weighted by molar-refractivity contribution is 0.0942. The van der Waals surface area contributed by atoms with Crippen LogP contribution in [0.1, 0.15) is 28.6 Å². The highest BCUT2D eigenvalue weighted by Crippen LogP contribution is 2.37. The van der Waals surface area contributed by atoms with Crippen LogP contribution in [0.25, 0.3) is 0 Å². The molecule has 1 N–H and O–H groups in total. The van der Waals surface area contributed by atoms with Crippen LogP contribution in [0.4, 0.5) is 10.7 Å². The number of piperazine rings is 1. The van der Waals surface area contributed by atoms with E-state index in [1.807, 2.05) is 6.07 Å². The Morgan fingerprint density at radius 3 is 2.64 bits per heavy atom. The van der Waals surface area contributed by atoms with Gasteiger partial charge in [0.05, 0.1) is 9.88 Å². The van der Waals surface area contributed by atoms with E-state index in [4.69, 9.17) is 0 Å². The minimum absolute atomic E-state index is 0.0498. The van der Waals surface area contributed by atoms with Crippen LogP contribution >= 0.6 is 11.3 Å². The number of anilines is 2. The number of nitrogens with one attached hydrogen (secondary N) is 1. The number of likely N-dealkylation sites (N-methyl/N-ethyl adjacent to an activating group) is 1. The number of fused-ring (bicyclic) bond motifs is 1. The van der Waals surface area contributed by atoms with Gasteiger partial charge < -0.3 is 15.1 Å². The quantitative estimate of drug-likeness (QED) is 0.811. The molecule has 150 valence electrons. The maximum atomic E-state index is 12.6. The van der Waals surface area contributed by atoms with E-state index in [2.05, 4.69) is 57.3 Å². The average molecular weight is 399 g/mol. The van der Waals surface area contributed by atoms with E-state index in [1.165, 1.54) is 11.3 Å². The third-order valence-electron chi connectivity index (χ3n) is 5.82. The first-order chi connectivity index (χ1) is 13.7. The molecule has 4 rings (SSSR count). The minimum Gasteiger partial charge on any atom is -0.350 e. The Balaban J connectivity index is 1.30. The number of hydrogen-bond acceptors (Lipinski definition) is 5. The Morgan fingerprint density at radius 2 is 1.82 bits per heavy atom. The highest BCUT2D eigenvalue weighted by Gasteiger charge is 2.20. The normalized spacial score (nSPS) is 18.1. The summed E-state index contributed by atoms with van der Waals surface area (Å²) in [5, 5.41) is 4.26. The van der Waals surface area contributed by atoms with E-state index in [-0.39, 0.29) is 5.91 Å². The third-order valence-corrected chi connectivity index (χ3v) is 6.92. The summed E-state index contributed by atoms with van der Waals surface area (Å²) in [6.45, 7) is 10.5. The molecule has 5 nitrogen and oxygen atoms in total. The van der Waals surface area contributed by atoms with Gasteiger partial charge in [0, 0.05) is 51.5 Å². The number of hydrogen-bond donors (Lipinski definition) is 1. The van der Waals surface area contributed by atoms with Gasteiger partial charge in [-0.25, -0.2) is 0 Å². The molecule has 0 spiro atoms. The number of amides is 1. The van der Waals surface area contributed by atoms with Gasteiger partial charge in [0.1, 0.15) is 0 Å². The van der Waals surface area contributed by atoms with Crippen LogP contribution in [0.15, 0.2) is 36.4 Å². The SMILES string of the molecule is CCN1CCN(CCNC(=O)c2ccc(N3CCCc4ccccc43)s2)CC1. The van der Waals surface area contributed by atoms with Gasteiger partial charge >= 0.3 is 0 Å². The lowest BCUT2D eigenvalue weighted by Gasteiger charge is -2.33. The zero-order chi connectivity index (χ0) is 19.3. The van der Waals surface area contributed by atoms with Crippen LogP contribution in [0.2, 0.25) is 0 Å². The highest BCUT2D eigenvalue weighted by molar-refractivity contribution is 7.18. The molecule has 1 aromatic heterocycles. The molecule has 3 heterocycles. The number of aryl methyl sites for hydroxylation is 1. The summed E-state index contributed by atoms with van der Waals surface area (Å²) in [5.74, 6) is 0.0498. The minimum atomic E-state index is 0.0498. The summed E-state index contributed by atoms with van der Waals surface area (Å²) < 4.78 is 0. The maximum Gasteiger partial charge on any atom is 0.261 e. The molecule has 0 atom stereocenters. The number of carbonyl (C=O) groups is 1. The maximum absolute atomic E-state index is 12.6. The molecular weight excluding hydrogens is 368 g/mol. The van der Waals surface area contributed by atoms with Crippen molar-refractivity contribution < 1.29 is 4.79 Å². The molecule has 1 saturated heterocycles. The van der Waals surface area contributed by atoms with Gasteiger partial charge in [-0.05, 0) is 43.1 Å². The monoisotopic (exact) mass is 398 g/mol. The Kier molecular flexibility index (Phi) is 6.29. The van der Waals surface area contributed by atoms with Crippen molar-refractivity contribution in [3.63, 3.8) is 0 Å². The summed E-state index contributed by atoms with van der Waals surface area (Å²) in [5.41, 5.74) is 2.69. The van der Waals surface area contributed by atoms with Gasteiger partial charge in [0.2, 0.25) is 0 Å². The van der Waals surface area contributed by atoms with Crippen molar-refractivity contribution in [3.05, 3.63) is 46.8 Å². The Morgan fingerprint density at radius 1 is 1.04 bits per heavy atom. The number of rotatable bonds is 6. The first-order valence-electron chi connectivity index (χ1n) is 10.4. The zero-order valence-electron chi connectivity index (χ0n) is 16.7. The van der Waals surface area contributed by atoms with Crippen LogP contribution in [0, 0.1) is 0 Å². The summed E-state index contributed by atoms with van der Waals surface area (Å²) in [4.78, 5) is 20.6. The van der Waals surface area contributed by atoms with Gasteiger partial charge in [-0.1, -0.05) is 25.1 Å². The fourth-order valence-corrected chi connectivity index (χ4v) is 5.06. The molecule has 0 aliphatic carbocycles. The number of para-hydroxylation sites is 1. The van der Waals surface area contributed by atoms with Crippen molar-refractivity contribution in [3.8, 4) is 0 Å². The van der Waals surface area contributed by atoms with E-state index in [0.29, 0.717) is 6.54 Å². The fourth-order valence-electron chi connectivity index (χ4n) is 4.10. The van der Waals surface area contributed by atoms with Gasteiger partial charge in [0.15, 0.2) is 0 Å². The van der Waals surface area contributed by atoms with Crippen molar-refractivity contribution in [1.29, 1.82) is 0 Å². The standard InChI is InChI=1S/C22H30N4OS/c1-2-24-14-16-25(17-15-24)13-11-23-22(27)20-9-10-21(28-20)26-12-5-7-18-6-3-4-8-19(18)26/h3-4,6,8-10H,2,5,7,11-17H2,1H3,(H,23,27). The van der Waals surface area contributed by atoms with Crippen molar-refractivity contribution in [2.45, 2.75) is 19.8 Å². The topological polar surface area (TPSA) is 38.8 Å². The number of benzene rings is 1. The van der Waals surface area contributed by atoms with Gasteiger partial charge in [-0.3, -0.25) is 9.69 Å². The smallest absolute Gasteiger partial charge is 0.261 e. The number of nitrogens with zero attached hydrogens (tertiary/aromatic N) is 3. The second kappa shape index (κ2) is 9.07. The van der Waals surface area contributed by atoms with E-state index >= 15 is 0 Å². The predicted octanol–water partition coefficient (Wildman–Crippen LogP) is 3.20. The third kappa shape index (κ3) is 4.40. The molecule has 1 aromatic carbocycles. The van der Waals surface area contributed by atoms with Crippen LogP contribution in [0.5, 0.6) is 0 Å². The van der Waals surface area contributed by atoms with Crippen LogP contribution in [0.3, 0.4) is 0 Å². The first kappa shape index (κ1) is 19.4. The molecule has 2 aliphatic rings. The molecule has 6 heteroatoms. The molecule has 2 aliphatic heterocycles. The Bertz CT molecular complexity index is 797. The Labute approximate surface area is 171 Å². The van der Waals surface area contributed by atoms with Crippen molar-refractivity contribution in [2.24, 2.45) is 0 Å². The molecule has 1 amide bonds. The molecule has 0 radical (unpaired) electrons. The predicted molar refractivity (Wildman–Crippen MR) is 117 cm³/mol. The van der Waals surface area contributed by atoms with Crippen LogP contribution in [-0.4, -0.2) is 68.1 Å². The van der Waals surface area contributed by atoms with Crippen molar-refractivity contribution >= 4 is 27.9 Å². The van der Waals surface area contributed by atoms with E-state index in [1.54, 1.807) is 11.3 Å². The van der Waals surface area contributed by atoms with Crippen LogP contribution in [-0.2, 0) is 6.42 Å². The first-order valence-corrected chi connectivity index (χ1v) is 11.2. The molecule has 0 bridgehead atoms. The van der Waals surface area contributed by atoms with Crippen LogP contribution < -0.4 is 10.2 Å². The van der Waals surface area contributed by atoms with E-state index in [0.717, 1.165) is 68.5 Å². The largest absolute Gasteiger partial charge is 0.350 e.